The molecular weight excluding hydrogens is 206 g/mol. The Kier molecular flexibility index (Phi) is 2.88. The first-order valence-corrected chi connectivity index (χ1v) is 6.09. The van der Waals surface area contributed by atoms with E-state index in [0.717, 1.165) is 17.7 Å². The van der Waals surface area contributed by atoms with Crippen LogP contribution in [-0.2, 0) is 12.8 Å². The molecule has 15 heavy (non-hydrogen) atoms. The minimum atomic E-state index is -0.509. The molecule has 1 unspecified atom stereocenters. The van der Waals surface area contributed by atoms with Crippen molar-refractivity contribution < 1.29 is 4.79 Å². The van der Waals surface area contributed by atoms with Gasteiger partial charge in [-0.15, -0.1) is 11.3 Å². The number of fused-ring (bicyclic) bond motifs is 1. The Morgan fingerprint density at radius 2 is 2.27 bits per heavy atom. The fraction of sp³-hybridized carbons (Fsp3) is 0.500. The molecule has 0 N–H and O–H groups in total. The lowest BCUT2D eigenvalue weighted by Crippen LogP contribution is -2.06. The monoisotopic (exact) mass is 219 g/mol. The molecule has 0 radical (unpaired) electrons. The van der Waals surface area contributed by atoms with Gasteiger partial charge in [0, 0.05) is 4.88 Å². The Hall–Kier alpha value is -1.14. The molecule has 0 aromatic carbocycles. The van der Waals surface area contributed by atoms with Gasteiger partial charge in [0.2, 0.25) is 0 Å². The summed E-state index contributed by atoms with van der Waals surface area (Å²) in [4.78, 5) is 13.9. The standard InChI is InChI=1S/C12H13NOS/c1-8(7-13)12(14)11-6-9-4-2-3-5-10(9)15-11/h6,8H,2-5H2,1H3. The third kappa shape index (κ3) is 1.95. The molecule has 0 amide bonds. The third-order valence-corrected chi connectivity index (χ3v) is 4.08. The van der Waals surface area contributed by atoms with Crippen LogP contribution in [0.3, 0.4) is 0 Å². The highest BCUT2D eigenvalue weighted by molar-refractivity contribution is 7.14. The Morgan fingerprint density at radius 3 is 2.93 bits per heavy atom. The number of Topliss-reactive ketones (excluding diaryl/α,β-unsaturated/α-hetero) is 1. The minimum absolute atomic E-state index is 0.0168. The van der Waals surface area contributed by atoms with E-state index in [4.69, 9.17) is 5.26 Å². The van der Waals surface area contributed by atoms with E-state index < -0.39 is 5.92 Å². The number of nitriles is 1. The van der Waals surface area contributed by atoms with E-state index in [1.807, 2.05) is 12.1 Å². The van der Waals surface area contributed by atoms with Gasteiger partial charge in [0.15, 0.2) is 5.78 Å². The van der Waals surface area contributed by atoms with Gasteiger partial charge in [-0.3, -0.25) is 4.79 Å². The first-order chi connectivity index (χ1) is 7.22. The zero-order chi connectivity index (χ0) is 10.8. The number of hydrogen-bond acceptors (Lipinski definition) is 3. The average molecular weight is 219 g/mol. The number of carbonyl (C=O) groups excluding carboxylic acids is 1. The Labute approximate surface area is 93.5 Å². The highest BCUT2D eigenvalue weighted by Crippen LogP contribution is 2.30. The van der Waals surface area contributed by atoms with E-state index >= 15 is 0 Å². The summed E-state index contributed by atoms with van der Waals surface area (Å²) >= 11 is 1.59. The highest BCUT2D eigenvalue weighted by Gasteiger charge is 2.20. The van der Waals surface area contributed by atoms with Crippen LogP contribution in [0.15, 0.2) is 6.07 Å². The number of nitrogens with zero attached hydrogens (tertiary/aromatic N) is 1. The van der Waals surface area contributed by atoms with Gasteiger partial charge >= 0.3 is 0 Å². The van der Waals surface area contributed by atoms with Gasteiger partial charge in [-0.1, -0.05) is 0 Å². The van der Waals surface area contributed by atoms with Crippen LogP contribution in [0.25, 0.3) is 0 Å². The minimum Gasteiger partial charge on any atom is -0.292 e. The van der Waals surface area contributed by atoms with Crippen LogP contribution in [0.1, 0.15) is 39.9 Å². The van der Waals surface area contributed by atoms with Gasteiger partial charge in [-0.2, -0.15) is 5.26 Å². The molecule has 1 heterocycles. The van der Waals surface area contributed by atoms with Gasteiger partial charge in [-0.05, 0) is 44.2 Å². The molecule has 0 fully saturated rings. The normalized spacial score (nSPS) is 16.5. The maximum atomic E-state index is 11.8. The lowest BCUT2D eigenvalue weighted by atomic mass is 9.98. The predicted octanol–water partition coefficient (Wildman–Crippen LogP) is 2.97. The van der Waals surface area contributed by atoms with Crippen molar-refractivity contribution in [3.8, 4) is 6.07 Å². The summed E-state index contributed by atoms with van der Waals surface area (Å²) in [7, 11) is 0. The van der Waals surface area contributed by atoms with Crippen LogP contribution in [0, 0.1) is 17.2 Å². The summed E-state index contributed by atoms with van der Waals surface area (Å²) in [5.74, 6) is -0.526. The lowest BCUT2D eigenvalue weighted by molar-refractivity contribution is 0.0960. The van der Waals surface area contributed by atoms with Crippen molar-refractivity contribution in [2.24, 2.45) is 5.92 Å². The molecule has 3 heteroatoms. The summed E-state index contributed by atoms with van der Waals surface area (Å²) in [6.45, 7) is 1.67. The van der Waals surface area contributed by atoms with Crippen molar-refractivity contribution in [2.45, 2.75) is 32.6 Å². The van der Waals surface area contributed by atoms with Gasteiger partial charge in [0.25, 0.3) is 0 Å². The Morgan fingerprint density at radius 1 is 1.53 bits per heavy atom. The number of aryl methyl sites for hydroxylation is 2. The molecule has 0 bridgehead atoms. The number of hydrogen-bond donors (Lipinski definition) is 0. The molecule has 78 valence electrons. The van der Waals surface area contributed by atoms with Crippen LogP contribution in [0.4, 0.5) is 0 Å². The number of thiophene rings is 1. The second kappa shape index (κ2) is 4.16. The maximum absolute atomic E-state index is 11.8. The van der Waals surface area contributed by atoms with Crippen molar-refractivity contribution in [1.29, 1.82) is 5.26 Å². The van der Waals surface area contributed by atoms with Crippen molar-refractivity contribution >= 4 is 17.1 Å². The SMILES string of the molecule is CC(C#N)C(=O)c1cc2c(s1)CCCC2. The summed E-state index contributed by atoms with van der Waals surface area (Å²) in [6, 6.07) is 4.00. The lowest BCUT2D eigenvalue weighted by Gasteiger charge is -2.08. The second-order valence-electron chi connectivity index (χ2n) is 3.98. The molecular formula is C12H13NOS. The zero-order valence-electron chi connectivity index (χ0n) is 8.75. The Bertz CT molecular complexity index is 404. The topological polar surface area (TPSA) is 40.9 Å². The molecule has 0 saturated carbocycles. The molecule has 2 rings (SSSR count). The quantitative estimate of drug-likeness (QED) is 0.717. The van der Waals surface area contributed by atoms with Crippen LogP contribution in [-0.4, -0.2) is 5.78 Å². The first-order valence-electron chi connectivity index (χ1n) is 5.28. The molecule has 1 atom stereocenters. The van der Waals surface area contributed by atoms with E-state index in [0.29, 0.717) is 0 Å². The molecule has 0 saturated heterocycles. The second-order valence-corrected chi connectivity index (χ2v) is 5.12. The fourth-order valence-electron chi connectivity index (χ4n) is 1.88. The van der Waals surface area contributed by atoms with Crippen molar-refractivity contribution in [1.82, 2.24) is 0 Å². The summed E-state index contributed by atoms with van der Waals surface area (Å²) in [6.07, 6.45) is 4.66. The van der Waals surface area contributed by atoms with Crippen LogP contribution >= 0.6 is 11.3 Å². The molecule has 2 nitrogen and oxygen atoms in total. The summed E-state index contributed by atoms with van der Waals surface area (Å²) in [5.41, 5.74) is 1.33. The number of carbonyl (C=O) groups is 1. The molecule has 0 aliphatic heterocycles. The number of rotatable bonds is 2. The van der Waals surface area contributed by atoms with E-state index in [1.54, 1.807) is 18.3 Å². The smallest absolute Gasteiger partial charge is 0.189 e. The molecule has 0 spiro atoms. The molecule has 1 aliphatic carbocycles. The predicted molar refractivity (Wildman–Crippen MR) is 60.1 cm³/mol. The summed E-state index contributed by atoms with van der Waals surface area (Å²) < 4.78 is 0. The molecule has 1 aromatic rings. The van der Waals surface area contributed by atoms with Crippen LogP contribution in [0.5, 0.6) is 0 Å². The van der Waals surface area contributed by atoms with Gasteiger partial charge < -0.3 is 0 Å². The third-order valence-electron chi connectivity index (χ3n) is 2.83. The zero-order valence-corrected chi connectivity index (χ0v) is 9.56. The van der Waals surface area contributed by atoms with E-state index in [1.165, 1.54) is 23.3 Å². The average Bonchev–Trinajstić information content (AvgIpc) is 2.70. The maximum Gasteiger partial charge on any atom is 0.189 e. The first kappa shape index (κ1) is 10.4. The van der Waals surface area contributed by atoms with Gasteiger partial charge in [0.1, 0.15) is 5.92 Å². The fourth-order valence-corrected chi connectivity index (χ4v) is 3.17. The van der Waals surface area contributed by atoms with Crippen molar-refractivity contribution in [3.05, 3.63) is 21.4 Å². The Balaban J connectivity index is 2.27. The van der Waals surface area contributed by atoms with Gasteiger partial charge in [-0.25, -0.2) is 0 Å². The molecule has 1 aliphatic rings. The van der Waals surface area contributed by atoms with Crippen molar-refractivity contribution in [3.63, 3.8) is 0 Å². The van der Waals surface area contributed by atoms with E-state index in [2.05, 4.69) is 0 Å². The highest BCUT2D eigenvalue weighted by atomic mass is 32.1. The van der Waals surface area contributed by atoms with E-state index in [-0.39, 0.29) is 5.78 Å². The van der Waals surface area contributed by atoms with Crippen LogP contribution < -0.4 is 0 Å². The largest absolute Gasteiger partial charge is 0.292 e. The van der Waals surface area contributed by atoms with E-state index in [9.17, 15) is 4.79 Å². The number of ketones is 1. The van der Waals surface area contributed by atoms with Crippen molar-refractivity contribution in [2.75, 3.05) is 0 Å². The van der Waals surface area contributed by atoms with Gasteiger partial charge in [0.05, 0.1) is 10.9 Å². The molecule has 1 aromatic heterocycles. The summed E-state index contributed by atoms with van der Waals surface area (Å²) in [5, 5.41) is 8.70. The van der Waals surface area contributed by atoms with Crippen LogP contribution in [0.2, 0.25) is 0 Å².